The molecule has 8 heteroatoms. The molecule has 0 saturated carbocycles. The zero-order chi connectivity index (χ0) is 22.7. The predicted molar refractivity (Wildman–Crippen MR) is 122 cm³/mol. The minimum atomic E-state index is -0.183. The van der Waals surface area contributed by atoms with Crippen LogP contribution in [0.1, 0.15) is 59.6 Å². The van der Waals surface area contributed by atoms with Crippen molar-refractivity contribution >= 4 is 11.7 Å². The second-order valence-electron chi connectivity index (χ2n) is 7.99. The number of nitrogens with one attached hydrogen (secondary N) is 1. The van der Waals surface area contributed by atoms with Gasteiger partial charge < -0.3 is 10.2 Å². The van der Waals surface area contributed by atoms with Gasteiger partial charge in [-0.15, -0.1) is 5.10 Å². The first kappa shape index (κ1) is 21.5. The fraction of sp³-hybridized carbons (Fsp3) is 0.375. The average Bonchev–Trinajstić information content (AvgIpc) is 3.22. The van der Waals surface area contributed by atoms with E-state index in [1.165, 1.54) is 5.56 Å². The number of carbonyl (C=O) groups excluding carboxylic acids is 1. The molecule has 1 aromatic carbocycles. The van der Waals surface area contributed by atoms with Gasteiger partial charge in [-0.05, 0) is 55.5 Å². The maximum absolute atomic E-state index is 12.7. The molecule has 0 atom stereocenters. The number of fused-ring (bicyclic) bond motifs is 1. The van der Waals surface area contributed by atoms with Crippen molar-refractivity contribution in [1.82, 2.24) is 25.3 Å². The third kappa shape index (κ3) is 3.94. The molecule has 32 heavy (non-hydrogen) atoms. The molecular formula is C24H27N7O. The Balaban J connectivity index is 1.63. The monoisotopic (exact) mass is 429 g/mol. The molecule has 4 rings (SSSR count). The first-order chi connectivity index (χ1) is 15.6. The second-order valence-corrected chi connectivity index (χ2v) is 7.99. The van der Waals surface area contributed by atoms with Crippen molar-refractivity contribution in [1.29, 1.82) is 5.26 Å². The fourth-order valence-electron chi connectivity index (χ4n) is 4.22. The Labute approximate surface area is 187 Å². The van der Waals surface area contributed by atoms with Gasteiger partial charge in [-0.2, -0.15) is 5.26 Å². The number of anilines is 1. The lowest BCUT2D eigenvalue weighted by atomic mass is 9.97. The number of carbonyl (C=O) groups is 1. The maximum Gasteiger partial charge on any atom is 0.273 e. The Kier molecular flexibility index (Phi) is 6.17. The summed E-state index contributed by atoms with van der Waals surface area (Å²) >= 11 is 0. The number of pyridine rings is 1. The molecule has 0 fully saturated rings. The molecule has 0 spiro atoms. The first-order valence-corrected chi connectivity index (χ1v) is 11.0. The van der Waals surface area contributed by atoms with Crippen molar-refractivity contribution in [2.75, 3.05) is 11.4 Å². The molecule has 1 amide bonds. The summed E-state index contributed by atoms with van der Waals surface area (Å²) in [7, 11) is 0. The van der Waals surface area contributed by atoms with Gasteiger partial charge >= 0.3 is 0 Å². The molecule has 0 aliphatic carbocycles. The summed E-state index contributed by atoms with van der Waals surface area (Å²) in [5.41, 5.74) is 4.93. The summed E-state index contributed by atoms with van der Waals surface area (Å²) in [6.45, 7) is 7.39. The van der Waals surface area contributed by atoms with E-state index in [9.17, 15) is 10.1 Å². The molecule has 8 nitrogen and oxygen atoms in total. The van der Waals surface area contributed by atoms with Gasteiger partial charge in [-0.3, -0.25) is 4.79 Å². The third-order valence-corrected chi connectivity index (χ3v) is 6.11. The maximum atomic E-state index is 12.7. The van der Waals surface area contributed by atoms with Crippen molar-refractivity contribution in [3.05, 3.63) is 64.6 Å². The molecule has 164 valence electrons. The summed E-state index contributed by atoms with van der Waals surface area (Å²) in [5, 5.41) is 21.0. The highest BCUT2D eigenvalue weighted by atomic mass is 16.2. The average molecular weight is 430 g/mol. The minimum absolute atomic E-state index is 0.132. The molecule has 3 heterocycles. The van der Waals surface area contributed by atoms with Gasteiger partial charge in [0.15, 0.2) is 5.69 Å². The number of nitrogens with zero attached hydrogens (tertiary/aromatic N) is 6. The molecule has 1 N–H and O–H groups in total. The fourth-order valence-corrected chi connectivity index (χ4v) is 4.22. The van der Waals surface area contributed by atoms with Crippen LogP contribution in [-0.4, -0.2) is 38.5 Å². The Morgan fingerprint density at radius 1 is 1.25 bits per heavy atom. The van der Waals surface area contributed by atoms with Crippen LogP contribution in [0.5, 0.6) is 0 Å². The van der Waals surface area contributed by atoms with Gasteiger partial charge in [0.1, 0.15) is 11.9 Å². The molecule has 2 aromatic heterocycles. The standard InChI is InChI=1S/C24H27N7O/c1-4-19(5-2)27-24(32)22-16(3)31(29-28-22)21-10-6-8-18-15-30(13-11-20(18)21)23-17(14-25)9-7-12-26-23/h6-10,12,19H,4-5,11,13,15H2,1-3H3,(H,27,32). The Bertz CT molecular complexity index is 1170. The molecule has 0 unspecified atom stereocenters. The van der Waals surface area contributed by atoms with E-state index in [0.29, 0.717) is 23.6 Å². The number of aromatic nitrogens is 4. The predicted octanol–water partition coefficient (Wildman–Crippen LogP) is 3.32. The van der Waals surface area contributed by atoms with Crippen LogP contribution in [0.15, 0.2) is 36.5 Å². The highest BCUT2D eigenvalue weighted by Gasteiger charge is 2.25. The highest BCUT2D eigenvalue weighted by Crippen LogP contribution is 2.29. The number of amides is 1. The lowest BCUT2D eigenvalue weighted by Gasteiger charge is -2.31. The van der Waals surface area contributed by atoms with Gasteiger partial charge in [0.2, 0.25) is 0 Å². The molecule has 1 aliphatic heterocycles. The van der Waals surface area contributed by atoms with E-state index in [1.54, 1.807) is 23.0 Å². The van der Waals surface area contributed by atoms with Gasteiger partial charge in [0, 0.05) is 25.3 Å². The molecule has 0 bridgehead atoms. The SMILES string of the molecule is CCC(CC)NC(=O)c1nnn(-c2cccc3c2CCN(c2ncccc2C#N)C3)c1C. The van der Waals surface area contributed by atoms with E-state index in [-0.39, 0.29) is 11.9 Å². The van der Waals surface area contributed by atoms with E-state index in [0.717, 1.165) is 42.8 Å². The van der Waals surface area contributed by atoms with Crippen molar-refractivity contribution in [3.63, 3.8) is 0 Å². The topological polar surface area (TPSA) is 99.7 Å². The third-order valence-electron chi connectivity index (χ3n) is 6.11. The summed E-state index contributed by atoms with van der Waals surface area (Å²) in [6.07, 6.45) is 4.25. The Morgan fingerprint density at radius 3 is 2.81 bits per heavy atom. The first-order valence-electron chi connectivity index (χ1n) is 11.0. The van der Waals surface area contributed by atoms with Crippen LogP contribution < -0.4 is 10.2 Å². The summed E-state index contributed by atoms with van der Waals surface area (Å²) < 4.78 is 1.76. The summed E-state index contributed by atoms with van der Waals surface area (Å²) in [4.78, 5) is 19.3. The summed E-state index contributed by atoms with van der Waals surface area (Å²) in [5.74, 6) is 0.529. The van der Waals surface area contributed by atoms with Crippen molar-refractivity contribution in [2.24, 2.45) is 0 Å². The van der Waals surface area contributed by atoms with Crippen LogP contribution in [0.2, 0.25) is 0 Å². The normalized spacial score (nSPS) is 13.0. The number of hydrogen-bond acceptors (Lipinski definition) is 6. The van der Waals surface area contributed by atoms with E-state index < -0.39 is 0 Å². The van der Waals surface area contributed by atoms with E-state index in [4.69, 9.17) is 0 Å². The van der Waals surface area contributed by atoms with Crippen LogP contribution in [0.4, 0.5) is 5.82 Å². The van der Waals surface area contributed by atoms with Crippen molar-refractivity contribution < 1.29 is 4.79 Å². The number of benzene rings is 1. The molecule has 3 aromatic rings. The molecular weight excluding hydrogens is 402 g/mol. The largest absolute Gasteiger partial charge is 0.351 e. The number of nitriles is 1. The van der Waals surface area contributed by atoms with Crippen molar-refractivity contribution in [3.8, 4) is 11.8 Å². The lowest BCUT2D eigenvalue weighted by Crippen LogP contribution is -2.34. The number of hydrogen-bond donors (Lipinski definition) is 1. The number of rotatable bonds is 6. The summed E-state index contributed by atoms with van der Waals surface area (Å²) in [6, 6.07) is 12.0. The molecule has 1 aliphatic rings. The van der Waals surface area contributed by atoms with Crippen LogP contribution in [0.25, 0.3) is 5.69 Å². The smallest absolute Gasteiger partial charge is 0.273 e. The zero-order valence-corrected chi connectivity index (χ0v) is 18.7. The van der Waals surface area contributed by atoms with Gasteiger partial charge in [0.05, 0.1) is 16.9 Å². The van der Waals surface area contributed by atoms with Crippen LogP contribution in [-0.2, 0) is 13.0 Å². The quantitative estimate of drug-likeness (QED) is 0.645. The van der Waals surface area contributed by atoms with Gasteiger partial charge in [-0.25, -0.2) is 9.67 Å². The Morgan fingerprint density at radius 2 is 2.06 bits per heavy atom. The minimum Gasteiger partial charge on any atom is -0.351 e. The lowest BCUT2D eigenvalue weighted by molar-refractivity contribution is 0.0929. The second kappa shape index (κ2) is 9.18. The van der Waals surface area contributed by atoms with Crippen LogP contribution >= 0.6 is 0 Å². The van der Waals surface area contributed by atoms with E-state index in [2.05, 4.69) is 51.5 Å². The zero-order valence-electron chi connectivity index (χ0n) is 18.7. The Hall–Kier alpha value is -3.73. The van der Waals surface area contributed by atoms with Gasteiger partial charge in [-0.1, -0.05) is 31.2 Å². The van der Waals surface area contributed by atoms with Gasteiger partial charge in [0.25, 0.3) is 5.91 Å². The van der Waals surface area contributed by atoms with Crippen LogP contribution in [0, 0.1) is 18.3 Å². The highest BCUT2D eigenvalue weighted by molar-refractivity contribution is 5.93. The van der Waals surface area contributed by atoms with E-state index in [1.807, 2.05) is 19.1 Å². The van der Waals surface area contributed by atoms with Crippen LogP contribution in [0.3, 0.4) is 0 Å². The van der Waals surface area contributed by atoms with E-state index >= 15 is 0 Å². The molecule has 0 saturated heterocycles. The van der Waals surface area contributed by atoms with Crippen molar-refractivity contribution in [2.45, 2.75) is 52.6 Å². The molecule has 0 radical (unpaired) electrons.